The van der Waals surface area contributed by atoms with Crippen molar-refractivity contribution in [1.29, 1.82) is 0 Å². The molecule has 1 saturated heterocycles. The molecular formula is C13H24N2O2S. The molecule has 0 bridgehead atoms. The summed E-state index contributed by atoms with van der Waals surface area (Å²) in [7, 11) is 0. The van der Waals surface area contributed by atoms with Crippen molar-refractivity contribution in [1.82, 2.24) is 10.2 Å². The predicted molar refractivity (Wildman–Crippen MR) is 75.7 cm³/mol. The smallest absolute Gasteiger partial charge is 0.248 e. The lowest BCUT2D eigenvalue weighted by atomic mass is 9.91. The summed E-state index contributed by atoms with van der Waals surface area (Å²) in [6.45, 7) is 7.34. The molecule has 0 aromatic rings. The highest BCUT2D eigenvalue weighted by atomic mass is 32.2. The lowest BCUT2D eigenvalue weighted by molar-refractivity contribution is -0.139. The number of hydrogen-bond acceptors (Lipinski definition) is 3. The van der Waals surface area contributed by atoms with Gasteiger partial charge in [-0.15, -0.1) is 0 Å². The van der Waals surface area contributed by atoms with Gasteiger partial charge in [0.15, 0.2) is 0 Å². The number of nitrogens with zero attached hydrogens (tertiary/aromatic N) is 1. The number of amides is 2. The summed E-state index contributed by atoms with van der Waals surface area (Å²) in [5, 5.41) is 2.92. The van der Waals surface area contributed by atoms with Crippen molar-refractivity contribution in [2.75, 3.05) is 24.6 Å². The van der Waals surface area contributed by atoms with E-state index in [1.807, 2.05) is 30.5 Å². The average Bonchev–Trinajstić information content (AvgIpc) is 2.50. The Morgan fingerprint density at radius 1 is 1.28 bits per heavy atom. The van der Waals surface area contributed by atoms with Crippen LogP contribution >= 0.6 is 11.8 Å². The van der Waals surface area contributed by atoms with E-state index in [1.165, 1.54) is 0 Å². The van der Waals surface area contributed by atoms with Gasteiger partial charge in [0.05, 0.1) is 0 Å². The van der Waals surface area contributed by atoms with Crippen molar-refractivity contribution >= 4 is 23.6 Å². The second-order valence-electron chi connectivity index (χ2n) is 4.58. The van der Waals surface area contributed by atoms with Crippen LogP contribution in [0.5, 0.6) is 0 Å². The summed E-state index contributed by atoms with van der Waals surface area (Å²) in [4.78, 5) is 26.2. The summed E-state index contributed by atoms with van der Waals surface area (Å²) >= 11 is 1.83. The Kier molecular flexibility index (Phi) is 5.99. The fraction of sp³-hybridized carbons (Fsp3) is 0.846. The maximum absolute atomic E-state index is 12.6. The molecule has 0 aromatic carbocycles. The van der Waals surface area contributed by atoms with E-state index in [-0.39, 0.29) is 11.8 Å². The number of carbonyl (C=O) groups excluding carboxylic acids is 2. The molecule has 18 heavy (non-hydrogen) atoms. The van der Waals surface area contributed by atoms with E-state index in [2.05, 4.69) is 12.2 Å². The van der Waals surface area contributed by atoms with Crippen molar-refractivity contribution in [2.24, 2.45) is 0 Å². The Hall–Kier alpha value is -0.710. The highest BCUT2D eigenvalue weighted by Crippen LogP contribution is 2.22. The maximum atomic E-state index is 12.6. The van der Waals surface area contributed by atoms with Gasteiger partial charge in [-0.25, -0.2) is 0 Å². The minimum atomic E-state index is -0.676. The molecule has 104 valence electrons. The van der Waals surface area contributed by atoms with Gasteiger partial charge in [0.2, 0.25) is 11.8 Å². The van der Waals surface area contributed by atoms with E-state index in [4.69, 9.17) is 0 Å². The summed E-state index contributed by atoms with van der Waals surface area (Å²) in [5.74, 6) is 2.10. The Bertz CT molecular complexity index is 303. The molecule has 0 atom stereocenters. The molecule has 1 fully saturated rings. The van der Waals surface area contributed by atoms with E-state index in [1.54, 1.807) is 0 Å². The lowest BCUT2D eigenvalue weighted by Gasteiger charge is -2.33. The number of nitrogens with one attached hydrogen (secondary N) is 1. The minimum absolute atomic E-state index is 0.00213. The predicted octanol–water partition coefficient (Wildman–Crippen LogP) is 1.65. The average molecular weight is 272 g/mol. The molecule has 0 aliphatic carbocycles. The van der Waals surface area contributed by atoms with Crippen LogP contribution in [0.4, 0.5) is 0 Å². The first-order valence-corrected chi connectivity index (χ1v) is 7.93. The SMILES string of the molecule is CCSCCN1CCC(=O)NC(CC)(CC)C1=O. The van der Waals surface area contributed by atoms with Gasteiger partial charge in [0.1, 0.15) is 5.54 Å². The van der Waals surface area contributed by atoms with E-state index >= 15 is 0 Å². The molecule has 0 aromatic heterocycles. The largest absolute Gasteiger partial charge is 0.342 e. The molecule has 1 rings (SSSR count). The van der Waals surface area contributed by atoms with Crippen LogP contribution in [0.15, 0.2) is 0 Å². The van der Waals surface area contributed by atoms with Gasteiger partial charge in [-0.1, -0.05) is 20.8 Å². The minimum Gasteiger partial charge on any atom is -0.342 e. The summed E-state index contributed by atoms with van der Waals surface area (Å²) in [5.41, 5.74) is -0.676. The first-order chi connectivity index (χ1) is 8.59. The molecule has 1 aliphatic rings. The van der Waals surface area contributed by atoms with Crippen LogP contribution in [-0.2, 0) is 9.59 Å². The second-order valence-corrected chi connectivity index (χ2v) is 5.97. The molecule has 0 spiro atoms. The van der Waals surface area contributed by atoms with Gasteiger partial charge in [-0.3, -0.25) is 9.59 Å². The second kappa shape index (κ2) is 7.02. The number of hydrogen-bond donors (Lipinski definition) is 1. The van der Waals surface area contributed by atoms with Gasteiger partial charge < -0.3 is 10.2 Å². The third kappa shape index (κ3) is 3.40. The monoisotopic (exact) mass is 272 g/mol. The van der Waals surface area contributed by atoms with Crippen molar-refractivity contribution in [3.63, 3.8) is 0 Å². The summed E-state index contributed by atoms with van der Waals surface area (Å²) in [6, 6.07) is 0. The first-order valence-electron chi connectivity index (χ1n) is 6.77. The zero-order valence-corrected chi connectivity index (χ0v) is 12.4. The van der Waals surface area contributed by atoms with E-state index in [0.29, 0.717) is 25.8 Å². The third-order valence-corrected chi connectivity index (χ3v) is 4.48. The zero-order chi connectivity index (χ0) is 13.6. The standard InChI is InChI=1S/C13H24N2O2S/c1-4-13(5-2)12(17)15(9-10-18-6-3)8-7-11(16)14-13/h4-10H2,1-3H3,(H,14,16). The zero-order valence-electron chi connectivity index (χ0n) is 11.6. The Balaban J connectivity index is 2.79. The van der Waals surface area contributed by atoms with Crippen LogP contribution in [0.25, 0.3) is 0 Å². The number of thioether (sulfide) groups is 1. The maximum Gasteiger partial charge on any atom is 0.248 e. The fourth-order valence-electron chi connectivity index (χ4n) is 2.29. The van der Waals surface area contributed by atoms with Gasteiger partial charge in [0, 0.05) is 25.3 Å². The van der Waals surface area contributed by atoms with Crippen LogP contribution < -0.4 is 5.32 Å². The molecule has 0 radical (unpaired) electrons. The van der Waals surface area contributed by atoms with Crippen molar-refractivity contribution in [2.45, 2.75) is 45.6 Å². The normalized spacial score (nSPS) is 19.6. The van der Waals surface area contributed by atoms with E-state index in [0.717, 1.165) is 18.1 Å². The van der Waals surface area contributed by atoms with Crippen LogP contribution in [0.3, 0.4) is 0 Å². The number of rotatable bonds is 6. The van der Waals surface area contributed by atoms with Crippen LogP contribution in [-0.4, -0.2) is 46.8 Å². The van der Waals surface area contributed by atoms with Crippen molar-refractivity contribution in [3.8, 4) is 0 Å². The Morgan fingerprint density at radius 3 is 2.50 bits per heavy atom. The Labute approximate surface area is 114 Å². The fourth-order valence-corrected chi connectivity index (χ4v) is 2.92. The molecule has 0 saturated carbocycles. The molecule has 5 heteroatoms. The molecule has 4 nitrogen and oxygen atoms in total. The van der Waals surface area contributed by atoms with Crippen LogP contribution in [0.1, 0.15) is 40.0 Å². The van der Waals surface area contributed by atoms with Gasteiger partial charge in [-0.2, -0.15) is 11.8 Å². The topological polar surface area (TPSA) is 49.4 Å². The van der Waals surface area contributed by atoms with Crippen LogP contribution in [0, 0.1) is 0 Å². The van der Waals surface area contributed by atoms with Crippen molar-refractivity contribution in [3.05, 3.63) is 0 Å². The molecule has 1 N–H and O–H groups in total. The molecule has 2 amide bonds. The molecule has 1 heterocycles. The Morgan fingerprint density at radius 2 is 1.94 bits per heavy atom. The quantitative estimate of drug-likeness (QED) is 0.748. The van der Waals surface area contributed by atoms with Crippen molar-refractivity contribution < 1.29 is 9.59 Å². The molecule has 0 unspecified atom stereocenters. The highest BCUT2D eigenvalue weighted by molar-refractivity contribution is 7.99. The van der Waals surface area contributed by atoms with Gasteiger partial charge >= 0.3 is 0 Å². The highest BCUT2D eigenvalue weighted by Gasteiger charge is 2.41. The third-order valence-electron chi connectivity index (χ3n) is 3.60. The summed E-state index contributed by atoms with van der Waals surface area (Å²) in [6.07, 6.45) is 1.74. The molecular weight excluding hydrogens is 248 g/mol. The van der Waals surface area contributed by atoms with Gasteiger partial charge in [-0.05, 0) is 18.6 Å². The van der Waals surface area contributed by atoms with Crippen LogP contribution in [0.2, 0.25) is 0 Å². The lowest BCUT2D eigenvalue weighted by Crippen LogP contribution is -2.56. The van der Waals surface area contributed by atoms with E-state index in [9.17, 15) is 9.59 Å². The molecule has 1 aliphatic heterocycles. The summed E-state index contributed by atoms with van der Waals surface area (Å²) < 4.78 is 0. The first kappa shape index (κ1) is 15.3. The van der Waals surface area contributed by atoms with E-state index < -0.39 is 5.54 Å². The van der Waals surface area contributed by atoms with Gasteiger partial charge in [0.25, 0.3) is 0 Å². The number of carbonyl (C=O) groups is 2.